The molecule has 8 nitrogen and oxygen atoms in total. The molecule has 0 aliphatic rings. The molecule has 0 bridgehead atoms. The van der Waals surface area contributed by atoms with Crippen LogP contribution in [0.1, 0.15) is 31.8 Å². The third-order valence-corrected chi connectivity index (χ3v) is 3.89. The number of hydrogen-bond acceptors (Lipinski definition) is 6. The zero-order valence-electron chi connectivity index (χ0n) is 13.8. The fourth-order valence-corrected chi connectivity index (χ4v) is 2.49. The van der Waals surface area contributed by atoms with E-state index in [1.807, 2.05) is 0 Å². The topological polar surface area (TPSA) is 153 Å². The number of aromatic hydroxyl groups is 1. The van der Waals surface area contributed by atoms with Gasteiger partial charge in [0, 0.05) is 12.1 Å². The van der Waals surface area contributed by atoms with Crippen LogP contribution in [-0.4, -0.2) is 45.2 Å². The van der Waals surface area contributed by atoms with E-state index in [0.717, 1.165) is 5.56 Å². The summed E-state index contributed by atoms with van der Waals surface area (Å²) in [6.07, 6.45) is -0.174. The van der Waals surface area contributed by atoms with Crippen molar-refractivity contribution < 1.29 is 29.9 Å². The van der Waals surface area contributed by atoms with Gasteiger partial charge >= 0.3 is 13.1 Å². The SMILES string of the molecule is NCc1cccc(C(=O)NC(Cc2cccc(C(=O)O)c2O)B(O)O)c1. The number of carboxylic acids is 1. The summed E-state index contributed by atoms with van der Waals surface area (Å²) in [5.74, 6) is -3.50. The second kappa shape index (κ2) is 8.48. The number of para-hydroxylation sites is 1. The minimum Gasteiger partial charge on any atom is -0.507 e. The Kier molecular flexibility index (Phi) is 6.34. The highest BCUT2D eigenvalue weighted by Crippen LogP contribution is 2.24. The van der Waals surface area contributed by atoms with Crippen molar-refractivity contribution in [1.29, 1.82) is 0 Å². The Hall–Kier alpha value is -2.88. The van der Waals surface area contributed by atoms with Crippen LogP contribution < -0.4 is 11.1 Å². The first-order valence-corrected chi connectivity index (χ1v) is 7.83. The lowest BCUT2D eigenvalue weighted by Gasteiger charge is -2.19. The van der Waals surface area contributed by atoms with Crippen molar-refractivity contribution in [3.8, 4) is 5.75 Å². The number of phenols is 1. The number of nitrogens with one attached hydrogen (secondary N) is 1. The number of amides is 1. The maximum atomic E-state index is 12.3. The first-order chi connectivity index (χ1) is 12.3. The molecule has 1 atom stereocenters. The highest BCUT2D eigenvalue weighted by atomic mass is 16.4. The Morgan fingerprint density at radius 2 is 1.85 bits per heavy atom. The predicted molar refractivity (Wildman–Crippen MR) is 94.5 cm³/mol. The molecule has 0 aliphatic heterocycles. The summed E-state index contributed by atoms with van der Waals surface area (Å²) in [4.78, 5) is 23.4. The van der Waals surface area contributed by atoms with E-state index in [1.165, 1.54) is 18.2 Å². The average Bonchev–Trinajstić information content (AvgIpc) is 2.62. The summed E-state index contributed by atoms with van der Waals surface area (Å²) in [5.41, 5.74) is 6.43. The number of nitrogens with two attached hydrogens (primary N) is 1. The largest absolute Gasteiger partial charge is 0.507 e. The number of rotatable bonds is 7. The van der Waals surface area contributed by atoms with Crippen LogP contribution in [0, 0.1) is 0 Å². The lowest BCUT2D eigenvalue weighted by Crippen LogP contribution is -2.48. The third-order valence-electron chi connectivity index (χ3n) is 3.89. The zero-order chi connectivity index (χ0) is 19.3. The van der Waals surface area contributed by atoms with E-state index in [9.17, 15) is 24.7 Å². The molecular weight excluding hydrogens is 339 g/mol. The summed E-state index contributed by atoms with van der Waals surface area (Å²) < 4.78 is 0. The lowest BCUT2D eigenvalue weighted by atomic mass is 9.75. The summed E-state index contributed by atoms with van der Waals surface area (Å²) >= 11 is 0. The predicted octanol–water partition coefficient (Wildman–Crippen LogP) is -0.0978. The van der Waals surface area contributed by atoms with Gasteiger partial charge in [0.15, 0.2) is 0 Å². The molecule has 7 N–H and O–H groups in total. The molecule has 1 amide bonds. The van der Waals surface area contributed by atoms with Gasteiger partial charge in [-0.15, -0.1) is 0 Å². The van der Waals surface area contributed by atoms with Crippen LogP contribution in [0.4, 0.5) is 0 Å². The maximum absolute atomic E-state index is 12.3. The van der Waals surface area contributed by atoms with Crippen LogP contribution in [0.25, 0.3) is 0 Å². The van der Waals surface area contributed by atoms with E-state index in [1.54, 1.807) is 24.3 Å². The normalized spacial score (nSPS) is 11.7. The molecule has 9 heteroatoms. The number of carbonyl (C=O) groups excluding carboxylic acids is 1. The smallest absolute Gasteiger partial charge is 0.475 e. The second-order valence-electron chi connectivity index (χ2n) is 5.72. The van der Waals surface area contributed by atoms with E-state index in [-0.39, 0.29) is 24.1 Å². The molecule has 26 heavy (non-hydrogen) atoms. The zero-order valence-corrected chi connectivity index (χ0v) is 13.8. The number of carboxylic acid groups (broad SMARTS) is 1. The highest BCUT2D eigenvalue weighted by Gasteiger charge is 2.28. The minimum absolute atomic E-state index is 0.166. The fraction of sp³-hybridized carbons (Fsp3) is 0.176. The molecule has 2 rings (SSSR count). The van der Waals surface area contributed by atoms with Gasteiger partial charge in [0.05, 0.1) is 5.94 Å². The number of carbonyl (C=O) groups is 2. The molecule has 0 fully saturated rings. The van der Waals surface area contributed by atoms with Gasteiger partial charge in [-0.3, -0.25) is 4.79 Å². The molecule has 0 heterocycles. The first kappa shape index (κ1) is 19.4. The first-order valence-electron chi connectivity index (χ1n) is 7.83. The third kappa shape index (κ3) is 4.60. The van der Waals surface area contributed by atoms with Gasteiger partial charge in [-0.25, -0.2) is 4.79 Å². The van der Waals surface area contributed by atoms with Gasteiger partial charge in [-0.2, -0.15) is 0 Å². The second-order valence-corrected chi connectivity index (χ2v) is 5.72. The van der Waals surface area contributed by atoms with Crippen LogP contribution in [-0.2, 0) is 13.0 Å². The van der Waals surface area contributed by atoms with Crippen molar-refractivity contribution in [2.75, 3.05) is 0 Å². The highest BCUT2D eigenvalue weighted by molar-refractivity contribution is 6.43. The Bertz CT molecular complexity index is 812. The van der Waals surface area contributed by atoms with Gasteiger partial charge in [-0.1, -0.05) is 24.3 Å². The Labute approximate surface area is 150 Å². The van der Waals surface area contributed by atoms with Crippen LogP contribution in [0.2, 0.25) is 0 Å². The maximum Gasteiger partial charge on any atom is 0.475 e. The molecule has 1 unspecified atom stereocenters. The number of hydrogen-bond donors (Lipinski definition) is 6. The summed E-state index contributed by atoms with van der Waals surface area (Å²) in [7, 11) is -1.91. The Morgan fingerprint density at radius 3 is 2.46 bits per heavy atom. The molecule has 0 spiro atoms. The van der Waals surface area contributed by atoms with Crippen molar-refractivity contribution in [3.63, 3.8) is 0 Å². The van der Waals surface area contributed by atoms with Gasteiger partial charge in [0.2, 0.25) is 0 Å². The molecular formula is C17H19BN2O6. The van der Waals surface area contributed by atoms with Crippen molar-refractivity contribution in [3.05, 3.63) is 64.7 Å². The lowest BCUT2D eigenvalue weighted by molar-refractivity contribution is 0.0693. The van der Waals surface area contributed by atoms with Crippen molar-refractivity contribution >= 4 is 19.0 Å². The van der Waals surface area contributed by atoms with E-state index in [2.05, 4.69) is 5.32 Å². The monoisotopic (exact) mass is 358 g/mol. The molecule has 136 valence electrons. The van der Waals surface area contributed by atoms with Crippen LogP contribution in [0.3, 0.4) is 0 Å². The Balaban J connectivity index is 2.21. The quantitative estimate of drug-likeness (QED) is 0.378. The fourth-order valence-electron chi connectivity index (χ4n) is 2.49. The standard InChI is InChI=1S/C17H19BN2O6/c19-9-10-3-1-5-12(7-10)16(22)20-14(18(25)26)8-11-4-2-6-13(15(11)21)17(23)24/h1-7,14,21,25-26H,8-9,19H2,(H,20,22)(H,23,24). The average molecular weight is 358 g/mol. The van der Waals surface area contributed by atoms with Gasteiger partial charge in [0.25, 0.3) is 5.91 Å². The van der Waals surface area contributed by atoms with Crippen LogP contribution >= 0.6 is 0 Å². The molecule has 2 aromatic rings. The molecule has 0 saturated carbocycles. The van der Waals surface area contributed by atoms with E-state index in [0.29, 0.717) is 5.56 Å². The minimum atomic E-state index is -1.91. The van der Waals surface area contributed by atoms with Crippen molar-refractivity contribution in [1.82, 2.24) is 5.32 Å². The summed E-state index contributed by atoms with van der Waals surface area (Å²) in [6.45, 7) is 0.253. The van der Waals surface area contributed by atoms with Gasteiger partial charge in [-0.05, 0) is 35.7 Å². The summed E-state index contributed by atoms with van der Waals surface area (Å²) in [6, 6.07) is 10.6. The molecule has 0 radical (unpaired) electrons. The number of benzene rings is 2. The van der Waals surface area contributed by atoms with Crippen LogP contribution in [0.15, 0.2) is 42.5 Å². The van der Waals surface area contributed by atoms with Gasteiger partial charge in [0.1, 0.15) is 11.3 Å². The molecule has 0 aromatic heterocycles. The van der Waals surface area contributed by atoms with Gasteiger partial charge < -0.3 is 31.3 Å². The molecule has 2 aromatic carbocycles. The van der Waals surface area contributed by atoms with E-state index in [4.69, 9.17) is 10.8 Å². The van der Waals surface area contributed by atoms with Crippen molar-refractivity contribution in [2.45, 2.75) is 18.9 Å². The summed E-state index contributed by atoms with van der Waals surface area (Å²) in [5, 5.41) is 40.7. The molecule has 0 aliphatic carbocycles. The number of aromatic carboxylic acids is 1. The van der Waals surface area contributed by atoms with E-state index >= 15 is 0 Å². The Morgan fingerprint density at radius 1 is 1.15 bits per heavy atom. The molecule has 0 saturated heterocycles. The van der Waals surface area contributed by atoms with Crippen molar-refractivity contribution in [2.24, 2.45) is 5.73 Å². The van der Waals surface area contributed by atoms with E-state index < -0.39 is 30.7 Å². The van der Waals surface area contributed by atoms with Crippen LogP contribution in [0.5, 0.6) is 5.75 Å².